The highest BCUT2D eigenvalue weighted by Gasteiger charge is 2.20. The summed E-state index contributed by atoms with van der Waals surface area (Å²) in [6.45, 7) is 1.59. The Morgan fingerprint density at radius 2 is 1.90 bits per heavy atom. The third-order valence-electron chi connectivity index (χ3n) is 3.25. The van der Waals surface area contributed by atoms with Gasteiger partial charge in [0.25, 0.3) is 5.91 Å². The smallest absolute Gasteiger partial charge is 0.251 e. The first kappa shape index (κ1) is 14.2. The van der Waals surface area contributed by atoms with E-state index in [-0.39, 0.29) is 18.4 Å². The Balaban J connectivity index is 1.96. The van der Waals surface area contributed by atoms with E-state index in [1.807, 2.05) is 0 Å². The van der Waals surface area contributed by atoms with Gasteiger partial charge in [-0.15, -0.1) is 0 Å². The molecule has 0 atom stereocenters. The Bertz CT molecular complexity index is 512. The predicted molar refractivity (Wildman–Crippen MR) is 73.1 cm³/mol. The number of rotatable bonds is 5. The number of hydrogen-bond donors (Lipinski definition) is 1. The third-order valence-corrected chi connectivity index (χ3v) is 3.25. The molecule has 0 aromatic heterocycles. The van der Waals surface area contributed by atoms with Gasteiger partial charge in [-0.1, -0.05) is 0 Å². The third kappa shape index (κ3) is 3.01. The molecule has 0 aliphatic carbocycles. The van der Waals surface area contributed by atoms with Gasteiger partial charge in [-0.25, -0.2) is 0 Å². The maximum absolute atomic E-state index is 12.0. The van der Waals surface area contributed by atoms with Gasteiger partial charge in [-0.2, -0.15) is 0 Å². The number of benzene rings is 1. The molecule has 1 heterocycles. The Labute approximate surface area is 117 Å². The molecule has 0 radical (unpaired) electrons. The van der Waals surface area contributed by atoms with Crippen LogP contribution in [0.2, 0.25) is 0 Å². The van der Waals surface area contributed by atoms with Crippen LogP contribution in [0.5, 0.6) is 11.5 Å². The second-order valence-corrected chi connectivity index (χ2v) is 4.49. The highest BCUT2D eigenvalue weighted by molar-refractivity contribution is 5.97. The van der Waals surface area contributed by atoms with E-state index in [4.69, 9.17) is 9.47 Å². The van der Waals surface area contributed by atoms with Gasteiger partial charge in [0, 0.05) is 18.7 Å². The van der Waals surface area contributed by atoms with Crippen molar-refractivity contribution in [2.24, 2.45) is 0 Å². The quantitative estimate of drug-likeness (QED) is 0.859. The van der Waals surface area contributed by atoms with Crippen molar-refractivity contribution in [1.82, 2.24) is 10.2 Å². The van der Waals surface area contributed by atoms with Gasteiger partial charge >= 0.3 is 0 Å². The average molecular weight is 278 g/mol. The van der Waals surface area contributed by atoms with Crippen molar-refractivity contribution in [3.05, 3.63) is 23.8 Å². The molecule has 0 saturated carbocycles. The molecule has 0 unspecified atom stereocenters. The Kier molecular flexibility index (Phi) is 4.45. The lowest BCUT2D eigenvalue weighted by molar-refractivity contribution is -0.133. The zero-order valence-corrected chi connectivity index (χ0v) is 11.6. The van der Waals surface area contributed by atoms with Crippen molar-refractivity contribution < 1.29 is 19.1 Å². The SMILES string of the molecule is COc1ccc(C(=O)NCC(=O)N2CCC2)cc1OC. The first-order chi connectivity index (χ1) is 9.65. The summed E-state index contributed by atoms with van der Waals surface area (Å²) in [7, 11) is 3.04. The monoisotopic (exact) mass is 278 g/mol. The molecule has 1 aromatic rings. The maximum atomic E-state index is 12.0. The summed E-state index contributed by atoms with van der Waals surface area (Å²) < 4.78 is 10.2. The minimum atomic E-state index is -0.306. The van der Waals surface area contributed by atoms with Crippen molar-refractivity contribution in [3.8, 4) is 11.5 Å². The summed E-state index contributed by atoms with van der Waals surface area (Å²) in [6, 6.07) is 4.87. The number of likely N-dealkylation sites (tertiary alicyclic amines) is 1. The number of nitrogens with zero attached hydrogens (tertiary/aromatic N) is 1. The lowest BCUT2D eigenvalue weighted by Crippen LogP contribution is -2.47. The number of methoxy groups -OCH3 is 2. The van der Waals surface area contributed by atoms with Gasteiger partial charge in [-0.05, 0) is 24.6 Å². The Morgan fingerprint density at radius 3 is 2.45 bits per heavy atom. The van der Waals surface area contributed by atoms with Crippen LogP contribution in [0.3, 0.4) is 0 Å². The summed E-state index contributed by atoms with van der Waals surface area (Å²) in [5, 5.41) is 2.61. The van der Waals surface area contributed by atoms with Crippen molar-refractivity contribution in [3.63, 3.8) is 0 Å². The van der Waals surface area contributed by atoms with Crippen molar-refractivity contribution in [2.45, 2.75) is 6.42 Å². The maximum Gasteiger partial charge on any atom is 0.251 e. The van der Waals surface area contributed by atoms with Crippen LogP contribution < -0.4 is 14.8 Å². The van der Waals surface area contributed by atoms with E-state index < -0.39 is 0 Å². The summed E-state index contributed by atoms with van der Waals surface area (Å²) in [5.74, 6) is 0.680. The van der Waals surface area contributed by atoms with Gasteiger partial charge in [0.05, 0.1) is 20.8 Å². The lowest BCUT2D eigenvalue weighted by atomic mass is 10.2. The number of ether oxygens (including phenoxy) is 2. The lowest BCUT2D eigenvalue weighted by Gasteiger charge is -2.30. The van der Waals surface area contributed by atoms with Gasteiger partial charge in [0.2, 0.25) is 5.91 Å². The molecule has 6 heteroatoms. The summed E-state index contributed by atoms with van der Waals surface area (Å²) in [6.07, 6.45) is 1.04. The summed E-state index contributed by atoms with van der Waals surface area (Å²) in [4.78, 5) is 25.3. The molecule has 2 rings (SSSR count). The molecule has 1 aliphatic rings. The van der Waals surface area contributed by atoms with Crippen LogP contribution >= 0.6 is 0 Å². The zero-order valence-electron chi connectivity index (χ0n) is 11.6. The minimum absolute atomic E-state index is 0.0210. The van der Waals surface area contributed by atoms with E-state index in [9.17, 15) is 9.59 Å². The Hall–Kier alpha value is -2.24. The van der Waals surface area contributed by atoms with Gasteiger partial charge < -0.3 is 19.7 Å². The standard InChI is InChI=1S/C14H18N2O4/c1-19-11-5-4-10(8-12(11)20-2)14(18)15-9-13(17)16-6-3-7-16/h4-5,8H,3,6-7,9H2,1-2H3,(H,15,18). The van der Waals surface area contributed by atoms with Gasteiger partial charge in [-0.3, -0.25) is 9.59 Å². The fraction of sp³-hybridized carbons (Fsp3) is 0.429. The molecule has 108 valence electrons. The number of carbonyl (C=O) groups excluding carboxylic acids is 2. The van der Waals surface area contributed by atoms with Crippen LogP contribution in [0.25, 0.3) is 0 Å². The molecule has 1 aromatic carbocycles. The van der Waals surface area contributed by atoms with Crippen LogP contribution in [0.4, 0.5) is 0 Å². The minimum Gasteiger partial charge on any atom is -0.493 e. The summed E-state index contributed by atoms with van der Waals surface area (Å²) in [5.41, 5.74) is 0.430. The van der Waals surface area contributed by atoms with Crippen molar-refractivity contribution in [2.75, 3.05) is 33.9 Å². The van der Waals surface area contributed by atoms with Crippen LogP contribution in [-0.2, 0) is 4.79 Å². The number of carbonyl (C=O) groups is 2. The topological polar surface area (TPSA) is 67.9 Å². The average Bonchev–Trinajstić information content (AvgIpc) is 2.42. The van der Waals surface area contributed by atoms with E-state index in [1.54, 1.807) is 23.1 Å². The molecule has 1 aliphatic heterocycles. The molecule has 1 saturated heterocycles. The predicted octanol–water partition coefficient (Wildman–Crippen LogP) is 0.666. The molecule has 0 bridgehead atoms. The van der Waals surface area contributed by atoms with Crippen molar-refractivity contribution >= 4 is 11.8 Å². The van der Waals surface area contributed by atoms with Crippen LogP contribution in [-0.4, -0.2) is 50.6 Å². The Morgan fingerprint density at radius 1 is 1.20 bits per heavy atom. The van der Waals surface area contributed by atoms with Crippen molar-refractivity contribution in [1.29, 1.82) is 0 Å². The molecule has 0 spiro atoms. The largest absolute Gasteiger partial charge is 0.493 e. The zero-order chi connectivity index (χ0) is 14.5. The first-order valence-corrected chi connectivity index (χ1v) is 6.43. The second kappa shape index (κ2) is 6.27. The first-order valence-electron chi connectivity index (χ1n) is 6.43. The van der Waals surface area contributed by atoms with Crippen LogP contribution in [0.15, 0.2) is 18.2 Å². The van der Waals surface area contributed by atoms with E-state index in [2.05, 4.69) is 5.32 Å². The molecular formula is C14H18N2O4. The molecule has 1 fully saturated rings. The van der Waals surface area contributed by atoms with E-state index in [1.165, 1.54) is 14.2 Å². The highest BCUT2D eigenvalue weighted by atomic mass is 16.5. The second-order valence-electron chi connectivity index (χ2n) is 4.49. The fourth-order valence-electron chi connectivity index (χ4n) is 1.91. The normalized spacial score (nSPS) is 13.4. The fourth-order valence-corrected chi connectivity index (χ4v) is 1.91. The summed E-state index contributed by atoms with van der Waals surface area (Å²) >= 11 is 0. The number of nitrogens with one attached hydrogen (secondary N) is 1. The molecular weight excluding hydrogens is 260 g/mol. The number of hydrogen-bond acceptors (Lipinski definition) is 4. The van der Waals surface area contributed by atoms with Gasteiger partial charge in [0.1, 0.15) is 0 Å². The molecule has 20 heavy (non-hydrogen) atoms. The molecule has 6 nitrogen and oxygen atoms in total. The molecule has 1 N–H and O–H groups in total. The highest BCUT2D eigenvalue weighted by Crippen LogP contribution is 2.27. The molecule has 2 amide bonds. The van der Waals surface area contributed by atoms with Crippen LogP contribution in [0.1, 0.15) is 16.8 Å². The number of amides is 2. The van der Waals surface area contributed by atoms with Crippen LogP contribution in [0, 0.1) is 0 Å². The van der Waals surface area contributed by atoms with E-state index in [0.717, 1.165) is 19.5 Å². The van der Waals surface area contributed by atoms with E-state index in [0.29, 0.717) is 17.1 Å². The van der Waals surface area contributed by atoms with Gasteiger partial charge in [0.15, 0.2) is 11.5 Å². The van der Waals surface area contributed by atoms with E-state index >= 15 is 0 Å².